The highest BCUT2D eigenvalue weighted by Crippen LogP contribution is 2.17. The molecule has 0 aliphatic carbocycles. The number of halogens is 2. The van der Waals surface area contributed by atoms with Gasteiger partial charge in [-0.1, -0.05) is 32.9 Å². The lowest BCUT2D eigenvalue weighted by Crippen LogP contribution is -2.52. The monoisotopic (exact) mass is 344 g/mol. The number of amides is 1. The lowest BCUT2D eigenvalue weighted by atomic mass is 9.90. The quantitative estimate of drug-likeness (QED) is 0.755. The lowest BCUT2D eigenvalue weighted by Gasteiger charge is -2.31. The van der Waals surface area contributed by atoms with Crippen LogP contribution in [-0.2, 0) is 11.2 Å². The van der Waals surface area contributed by atoms with Crippen molar-refractivity contribution in [1.82, 2.24) is 5.32 Å². The summed E-state index contributed by atoms with van der Waals surface area (Å²) in [7, 11) is 0. The second-order valence-electron chi connectivity index (χ2n) is 7.05. The first-order chi connectivity index (χ1) is 10.2. The van der Waals surface area contributed by atoms with Crippen LogP contribution >= 0.6 is 12.4 Å². The molecule has 5 heteroatoms. The number of nitrogens with one attached hydrogen (secondary N) is 1. The predicted octanol–water partition coefficient (Wildman–Crippen LogP) is 3.70. The predicted molar refractivity (Wildman–Crippen MR) is 96.2 cm³/mol. The van der Waals surface area contributed by atoms with E-state index in [-0.39, 0.29) is 35.6 Å². The third-order valence-electron chi connectivity index (χ3n) is 3.76. The van der Waals surface area contributed by atoms with E-state index in [1.54, 1.807) is 6.07 Å². The third-order valence-corrected chi connectivity index (χ3v) is 3.76. The molecule has 1 rings (SSSR count). The van der Waals surface area contributed by atoms with Crippen molar-refractivity contribution in [3.05, 3.63) is 35.6 Å². The first-order valence-corrected chi connectivity index (χ1v) is 7.99. The Hall–Kier alpha value is -1.13. The van der Waals surface area contributed by atoms with E-state index in [2.05, 4.69) is 19.2 Å². The van der Waals surface area contributed by atoms with Crippen LogP contribution in [0.1, 0.15) is 46.1 Å². The van der Waals surface area contributed by atoms with Crippen molar-refractivity contribution in [2.75, 3.05) is 6.54 Å². The normalized spacial score (nSPS) is 14.7. The van der Waals surface area contributed by atoms with Crippen LogP contribution in [0.3, 0.4) is 0 Å². The van der Waals surface area contributed by atoms with Crippen LogP contribution in [0.25, 0.3) is 0 Å². The highest BCUT2D eigenvalue weighted by atomic mass is 35.5. The highest BCUT2D eigenvalue weighted by molar-refractivity contribution is 5.85. The Labute approximate surface area is 145 Å². The van der Waals surface area contributed by atoms with E-state index >= 15 is 0 Å². The number of hydrogen-bond donors (Lipinski definition) is 2. The maximum atomic E-state index is 13.2. The minimum Gasteiger partial charge on any atom is -0.350 e. The van der Waals surface area contributed by atoms with Crippen molar-refractivity contribution in [3.63, 3.8) is 0 Å². The molecule has 0 heterocycles. The molecule has 0 fully saturated rings. The average Bonchev–Trinajstić information content (AvgIpc) is 2.36. The Morgan fingerprint density at radius 1 is 1.35 bits per heavy atom. The highest BCUT2D eigenvalue weighted by Gasteiger charge is 2.26. The van der Waals surface area contributed by atoms with E-state index in [1.165, 1.54) is 12.1 Å². The molecule has 2 unspecified atom stereocenters. The van der Waals surface area contributed by atoms with Gasteiger partial charge in [0, 0.05) is 18.5 Å². The van der Waals surface area contributed by atoms with E-state index in [0.717, 1.165) is 12.0 Å². The van der Waals surface area contributed by atoms with Crippen LogP contribution < -0.4 is 11.1 Å². The number of carbonyl (C=O) groups is 1. The Morgan fingerprint density at radius 3 is 2.52 bits per heavy atom. The largest absolute Gasteiger partial charge is 0.350 e. The SMILES string of the molecule is CC(C)CC(C)(CN)NC(=O)CC(C)Cc1cccc(F)c1.Cl. The van der Waals surface area contributed by atoms with Gasteiger partial charge in [-0.2, -0.15) is 0 Å². The summed E-state index contributed by atoms with van der Waals surface area (Å²) in [5.74, 6) is 0.403. The van der Waals surface area contributed by atoms with Gasteiger partial charge in [0.25, 0.3) is 0 Å². The zero-order chi connectivity index (χ0) is 16.8. The Bertz CT molecular complexity index is 496. The van der Waals surface area contributed by atoms with Crippen molar-refractivity contribution in [2.45, 2.75) is 52.5 Å². The van der Waals surface area contributed by atoms with E-state index in [9.17, 15) is 9.18 Å². The van der Waals surface area contributed by atoms with Crippen LogP contribution in [0.15, 0.2) is 24.3 Å². The number of nitrogens with two attached hydrogens (primary N) is 1. The number of rotatable bonds is 8. The fourth-order valence-corrected chi connectivity index (χ4v) is 2.93. The molecular formula is C18H30ClFN2O. The molecule has 0 aliphatic heterocycles. The molecule has 1 amide bonds. The Morgan fingerprint density at radius 2 is 2.00 bits per heavy atom. The van der Waals surface area contributed by atoms with Crippen LogP contribution in [0.5, 0.6) is 0 Å². The van der Waals surface area contributed by atoms with Gasteiger partial charge in [0.1, 0.15) is 5.82 Å². The minimum atomic E-state index is -0.357. The van der Waals surface area contributed by atoms with Crippen LogP contribution in [0.2, 0.25) is 0 Å². The van der Waals surface area contributed by atoms with Crippen molar-refractivity contribution in [3.8, 4) is 0 Å². The molecule has 23 heavy (non-hydrogen) atoms. The van der Waals surface area contributed by atoms with Gasteiger partial charge in [0.05, 0.1) is 0 Å². The maximum Gasteiger partial charge on any atom is 0.220 e. The van der Waals surface area contributed by atoms with Crippen LogP contribution in [0.4, 0.5) is 4.39 Å². The first kappa shape index (κ1) is 21.9. The van der Waals surface area contributed by atoms with Crippen LogP contribution in [0, 0.1) is 17.7 Å². The topological polar surface area (TPSA) is 55.1 Å². The van der Waals surface area contributed by atoms with Gasteiger partial charge < -0.3 is 11.1 Å². The maximum absolute atomic E-state index is 13.2. The standard InChI is InChI=1S/C18H29FN2O.ClH/c1-13(2)11-18(4,12-20)21-17(22)9-14(3)8-15-6-5-7-16(19)10-15;/h5-7,10,13-14H,8-9,11-12,20H2,1-4H3,(H,21,22);1H. The molecule has 0 saturated heterocycles. The zero-order valence-electron chi connectivity index (χ0n) is 14.6. The van der Waals surface area contributed by atoms with Gasteiger partial charge in [-0.05, 0) is 49.3 Å². The number of benzene rings is 1. The van der Waals surface area contributed by atoms with Gasteiger partial charge in [0.15, 0.2) is 0 Å². The molecule has 132 valence electrons. The number of hydrogen-bond acceptors (Lipinski definition) is 2. The average molecular weight is 345 g/mol. The zero-order valence-corrected chi connectivity index (χ0v) is 15.4. The van der Waals surface area contributed by atoms with E-state index < -0.39 is 0 Å². The van der Waals surface area contributed by atoms with Crippen molar-refractivity contribution in [2.24, 2.45) is 17.6 Å². The first-order valence-electron chi connectivity index (χ1n) is 7.99. The Balaban J connectivity index is 0.00000484. The summed E-state index contributed by atoms with van der Waals surface area (Å²) in [6.45, 7) is 8.66. The molecule has 2 atom stereocenters. The van der Waals surface area contributed by atoms with Gasteiger partial charge in [0.2, 0.25) is 5.91 Å². The summed E-state index contributed by atoms with van der Waals surface area (Å²) in [5, 5.41) is 3.06. The molecule has 3 N–H and O–H groups in total. The molecular weight excluding hydrogens is 315 g/mol. The summed E-state index contributed by atoms with van der Waals surface area (Å²) in [6, 6.07) is 6.54. The summed E-state index contributed by atoms with van der Waals surface area (Å²) in [5.41, 5.74) is 6.38. The smallest absolute Gasteiger partial charge is 0.220 e. The summed E-state index contributed by atoms with van der Waals surface area (Å²) in [4.78, 5) is 12.2. The molecule has 1 aromatic rings. The molecule has 0 bridgehead atoms. The molecule has 3 nitrogen and oxygen atoms in total. The molecule has 1 aromatic carbocycles. The molecule has 0 radical (unpaired) electrons. The van der Waals surface area contributed by atoms with E-state index in [0.29, 0.717) is 25.3 Å². The van der Waals surface area contributed by atoms with Crippen molar-refractivity contribution >= 4 is 18.3 Å². The minimum absolute atomic E-state index is 0. The van der Waals surface area contributed by atoms with Gasteiger partial charge in [-0.25, -0.2) is 4.39 Å². The van der Waals surface area contributed by atoms with Gasteiger partial charge >= 0.3 is 0 Å². The summed E-state index contributed by atoms with van der Waals surface area (Å²) < 4.78 is 13.2. The summed E-state index contributed by atoms with van der Waals surface area (Å²) in [6.07, 6.45) is 1.96. The summed E-state index contributed by atoms with van der Waals surface area (Å²) >= 11 is 0. The third kappa shape index (κ3) is 8.33. The van der Waals surface area contributed by atoms with E-state index in [1.807, 2.05) is 19.9 Å². The van der Waals surface area contributed by atoms with Gasteiger partial charge in [-0.3, -0.25) is 4.79 Å². The van der Waals surface area contributed by atoms with E-state index in [4.69, 9.17) is 5.73 Å². The number of carbonyl (C=O) groups excluding carboxylic acids is 1. The van der Waals surface area contributed by atoms with Gasteiger partial charge in [-0.15, -0.1) is 12.4 Å². The second kappa shape index (κ2) is 9.89. The molecule has 0 aliphatic rings. The van der Waals surface area contributed by atoms with Crippen LogP contribution in [-0.4, -0.2) is 18.0 Å². The second-order valence-corrected chi connectivity index (χ2v) is 7.05. The molecule has 0 spiro atoms. The molecule has 0 aromatic heterocycles. The fourth-order valence-electron chi connectivity index (χ4n) is 2.93. The fraction of sp³-hybridized carbons (Fsp3) is 0.611. The Kier molecular flexibility index (Phi) is 9.40. The molecule has 0 saturated carbocycles. The lowest BCUT2D eigenvalue weighted by molar-refractivity contribution is -0.123. The van der Waals surface area contributed by atoms with Crippen molar-refractivity contribution < 1.29 is 9.18 Å². The van der Waals surface area contributed by atoms with Crippen molar-refractivity contribution in [1.29, 1.82) is 0 Å².